The smallest absolute Gasteiger partial charge is 0.254 e. The fraction of sp³-hybridized carbons (Fsp3) is 0.400. The number of pyridine rings is 1. The van der Waals surface area contributed by atoms with Crippen LogP contribution in [0.4, 0.5) is 5.82 Å². The number of hydrogen-bond acceptors (Lipinski definition) is 3. The van der Waals surface area contributed by atoms with Gasteiger partial charge in [0.15, 0.2) is 0 Å². The van der Waals surface area contributed by atoms with Crippen LogP contribution < -0.4 is 5.32 Å². The highest BCUT2D eigenvalue weighted by atomic mass is 16.2. The minimum absolute atomic E-state index is 0.111. The van der Waals surface area contributed by atoms with Gasteiger partial charge in [-0.3, -0.25) is 4.79 Å². The molecule has 2 aromatic rings. The van der Waals surface area contributed by atoms with Gasteiger partial charge in [-0.25, -0.2) is 4.98 Å². The highest BCUT2D eigenvalue weighted by Crippen LogP contribution is 2.33. The van der Waals surface area contributed by atoms with Gasteiger partial charge in [-0.1, -0.05) is 38.1 Å². The van der Waals surface area contributed by atoms with Gasteiger partial charge < -0.3 is 10.2 Å². The zero-order valence-corrected chi connectivity index (χ0v) is 14.4. The molecule has 1 aromatic carbocycles. The van der Waals surface area contributed by atoms with Crippen LogP contribution in [0.3, 0.4) is 0 Å². The van der Waals surface area contributed by atoms with Gasteiger partial charge in [-0.2, -0.15) is 0 Å². The zero-order valence-electron chi connectivity index (χ0n) is 14.4. The molecule has 1 fully saturated rings. The van der Waals surface area contributed by atoms with Crippen LogP contribution in [0.2, 0.25) is 0 Å². The Hall–Kier alpha value is -2.36. The number of hydrogen-bond donors (Lipinski definition) is 1. The number of nitrogens with zero attached hydrogens (tertiary/aromatic N) is 2. The highest BCUT2D eigenvalue weighted by Gasteiger charge is 2.30. The maximum atomic E-state index is 12.8. The van der Waals surface area contributed by atoms with Crippen molar-refractivity contribution >= 4 is 11.7 Å². The van der Waals surface area contributed by atoms with Crippen LogP contribution in [0.15, 0.2) is 48.7 Å². The highest BCUT2D eigenvalue weighted by molar-refractivity contribution is 5.94. The lowest BCUT2D eigenvalue weighted by molar-refractivity contribution is 0.0735. The van der Waals surface area contributed by atoms with Crippen LogP contribution in [-0.4, -0.2) is 28.9 Å². The molecule has 1 aliphatic rings. The number of nitrogens with one attached hydrogen (secondary N) is 1. The van der Waals surface area contributed by atoms with Gasteiger partial charge in [-0.15, -0.1) is 0 Å². The number of likely N-dealkylation sites (tertiary alicyclic amines) is 1. The summed E-state index contributed by atoms with van der Waals surface area (Å²) in [6, 6.07) is 13.8. The lowest BCUT2D eigenvalue weighted by Crippen LogP contribution is -2.30. The van der Waals surface area contributed by atoms with Crippen molar-refractivity contribution in [2.24, 2.45) is 5.92 Å². The van der Waals surface area contributed by atoms with Crippen molar-refractivity contribution in [2.75, 3.05) is 18.4 Å². The molecule has 0 aliphatic carbocycles. The topological polar surface area (TPSA) is 45.2 Å². The Morgan fingerprint density at radius 3 is 2.71 bits per heavy atom. The number of aromatic nitrogens is 1. The van der Waals surface area contributed by atoms with Crippen molar-refractivity contribution in [1.29, 1.82) is 0 Å². The summed E-state index contributed by atoms with van der Waals surface area (Å²) < 4.78 is 0. The molecule has 2 heterocycles. The third kappa shape index (κ3) is 3.75. The third-order valence-corrected chi connectivity index (χ3v) is 4.40. The molecular formula is C20H25N3O. The number of anilines is 1. The number of rotatable bonds is 5. The van der Waals surface area contributed by atoms with Crippen molar-refractivity contribution in [3.8, 4) is 0 Å². The van der Waals surface area contributed by atoms with Crippen molar-refractivity contribution in [2.45, 2.75) is 32.7 Å². The average molecular weight is 323 g/mol. The number of carbonyl (C=O) groups excluding carboxylic acids is 1. The molecule has 4 heteroatoms. The first-order valence-corrected chi connectivity index (χ1v) is 8.71. The van der Waals surface area contributed by atoms with Crippen molar-refractivity contribution < 1.29 is 4.79 Å². The maximum absolute atomic E-state index is 12.8. The summed E-state index contributed by atoms with van der Waals surface area (Å²) in [7, 11) is 0. The zero-order chi connectivity index (χ0) is 16.9. The molecule has 1 atom stereocenters. The van der Waals surface area contributed by atoms with E-state index in [1.807, 2.05) is 47.5 Å². The van der Waals surface area contributed by atoms with Crippen molar-refractivity contribution in [3.05, 3.63) is 59.8 Å². The van der Waals surface area contributed by atoms with Crippen molar-refractivity contribution in [3.63, 3.8) is 0 Å². The largest absolute Gasteiger partial charge is 0.370 e. The SMILES string of the molecule is CC(C)CNc1ccc([C@H]2CCCN2C(=O)c2ccccc2)cn1. The second-order valence-corrected chi connectivity index (χ2v) is 6.77. The molecule has 24 heavy (non-hydrogen) atoms. The predicted octanol–water partition coefficient (Wildman–Crippen LogP) is 4.13. The minimum Gasteiger partial charge on any atom is -0.370 e. The van der Waals surface area contributed by atoms with E-state index in [2.05, 4.69) is 30.2 Å². The van der Waals surface area contributed by atoms with E-state index in [1.165, 1.54) is 0 Å². The van der Waals surface area contributed by atoms with Crippen LogP contribution in [0.25, 0.3) is 0 Å². The standard InChI is InChI=1S/C20H25N3O/c1-15(2)13-21-19-11-10-17(14-22-19)18-9-6-12-23(18)20(24)16-7-4-3-5-8-16/h3-5,7-8,10-11,14-15,18H,6,9,12-13H2,1-2H3,(H,21,22)/t18-/m1/s1. The molecule has 0 bridgehead atoms. The van der Waals surface area contributed by atoms with Crippen LogP contribution in [0.1, 0.15) is 48.7 Å². The molecular weight excluding hydrogens is 298 g/mol. The maximum Gasteiger partial charge on any atom is 0.254 e. The first-order chi connectivity index (χ1) is 11.6. The van der Waals surface area contributed by atoms with E-state index in [0.29, 0.717) is 5.92 Å². The molecule has 0 saturated carbocycles. The number of carbonyl (C=O) groups is 1. The van der Waals surface area contributed by atoms with Gasteiger partial charge in [0.2, 0.25) is 0 Å². The molecule has 1 saturated heterocycles. The van der Waals surface area contributed by atoms with E-state index in [-0.39, 0.29) is 11.9 Å². The first kappa shape index (κ1) is 16.5. The van der Waals surface area contributed by atoms with Gasteiger partial charge in [0.05, 0.1) is 6.04 Å². The lowest BCUT2D eigenvalue weighted by Gasteiger charge is -2.25. The molecule has 126 valence electrons. The molecule has 0 unspecified atom stereocenters. The number of amides is 1. The number of benzene rings is 1. The van der Waals surface area contributed by atoms with E-state index in [1.54, 1.807) is 0 Å². The van der Waals surface area contributed by atoms with Gasteiger partial charge in [-0.05, 0) is 42.5 Å². The molecule has 1 amide bonds. The van der Waals surface area contributed by atoms with Gasteiger partial charge >= 0.3 is 0 Å². The predicted molar refractivity (Wildman–Crippen MR) is 97.0 cm³/mol. The molecule has 1 aromatic heterocycles. The molecule has 4 nitrogen and oxygen atoms in total. The molecule has 3 rings (SSSR count). The fourth-order valence-electron chi connectivity index (χ4n) is 3.12. The van der Waals surface area contributed by atoms with Crippen molar-refractivity contribution in [1.82, 2.24) is 9.88 Å². The van der Waals surface area contributed by atoms with E-state index >= 15 is 0 Å². The summed E-state index contributed by atoms with van der Waals surface area (Å²) in [6.07, 6.45) is 3.94. The normalized spacial score (nSPS) is 17.3. The van der Waals surface area contributed by atoms with E-state index in [4.69, 9.17) is 0 Å². The second kappa shape index (κ2) is 7.47. The average Bonchev–Trinajstić information content (AvgIpc) is 3.10. The van der Waals surface area contributed by atoms with Gasteiger partial charge in [0.1, 0.15) is 5.82 Å². The summed E-state index contributed by atoms with van der Waals surface area (Å²) >= 11 is 0. The fourth-order valence-corrected chi connectivity index (χ4v) is 3.12. The second-order valence-electron chi connectivity index (χ2n) is 6.77. The van der Waals surface area contributed by atoms with E-state index in [9.17, 15) is 4.79 Å². The quantitative estimate of drug-likeness (QED) is 0.900. The Kier molecular flexibility index (Phi) is 5.14. The Labute approximate surface area is 143 Å². The summed E-state index contributed by atoms with van der Waals surface area (Å²) in [5.41, 5.74) is 1.87. The molecule has 1 N–H and O–H groups in total. The minimum atomic E-state index is 0.111. The van der Waals surface area contributed by atoms with Crippen LogP contribution in [0.5, 0.6) is 0 Å². The molecule has 0 spiro atoms. The third-order valence-electron chi connectivity index (χ3n) is 4.40. The van der Waals surface area contributed by atoms with Crippen LogP contribution in [0, 0.1) is 5.92 Å². The van der Waals surface area contributed by atoms with Gasteiger partial charge in [0, 0.05) is 24.8 Å². The summed E-state index contributed by atoms with van der Waals surface area (Å²) in [4.78, 5) is 19.3. The first-order valence-electron chi connectivity index (χ1n) is 8.71. The molecule has 0 radical (unpaired) electrons. The van der Waals surface area contributed by atoms with E-state index in [0.717, 1.165) is 42.9 Å². The Morgan fingerprint density at radius 2 is 2.04 bits per heavy atom. The lowest BCUT2D eigenvalue weighted by atomic mass is 10.1. The summed E-state index contributed by atoms with van der Waals surface area (Å²) in [5.74, 6) is 1.59. The Bertz CT molecular complexity index is 667. The van der Waals surface area contributed by atoms with Gasteiger partial charge in [0.25, 0.3) is 5.91 Å². The Morgan fingerprint density at radius 1 is 1.25 bits per heavy atom. The van der Waals surface area contributed by atoms with E-state index < -0.39 is 0 Å². The summed E-state index contributed by atoms with van der Waals surface area (Å²) in [6.45, 7) is 6.07. The van der Waals surface area contributed by atoms with Crippen LogP contribution in [-0.2, 0) is 0 Å². The molecule has 1 aliphatic heterocycles. The Balaban J connectivity index is 1.72. The van der Waals surface area contributed by atoms with Crippen LogP contribution >= 0.6 is 0 Å². The monoisotopic (exact) mass is 323 g/mol. The summed E-state index contributed by atoms with van der Waals surface area (Å²) in [5, 5.41) is 3.33.